The average Bonchev–Trinajstić information content (AvgIpc) is 2.72. The molecule has 1 saturated carbocycles. The molecule has 3 aliphatic rings. The van der Waals surface area contributed by atoms with Gasteiger partial charge in [-0.3, -0.25) is 9.69 Å². The van der Waals surface area contributed by atoms with E-state index >= 15 is 0 Å². The van der Waals surface area contributed by atoms with Gasteiger partial charge in [0.1, 0.15) is 6.29 Å². The van der Waals surface area contributed by atoms with Gasteiger partial charge in [-0.2, -0.15) is 0 Å². The molecule has 7 heteroatoms. The molecule has 3 fully saturated rings. The van der Waals surface area contributed by atoms with E-state index in [-0.39, 0.29) is 47.4 Å². The van der Waals surface area contributed by atoms with Crippen LogP contribution in [0.1, 0.15) is 73.6 Å². The van der Waals surface area contributed by atoms with Crippen LogP contribution in [0.2, 0.25) is 0 Å². The molecule has 0 spiro atoms. The van der Waals surface area contributed by atoms with E-state index in [9.17, 15) is 9.59 Å². The summed E-state index contributed by atoms with van der Waals surface area (Å²) >= 11 is 6.82. The molecule has 1 amide bonds. The smallest absolute Gasteiger partial charge is 0.224 e. The summed E-state index contributed by atoms with van der Waals surface area (Å²) in [6, 6.07) is 0.949. The van der Waals surface area contributed by atoms with Gasteiger partial charge in [0.15, 0.2) is 0 Å². The lowest BCUT2D eigenvalue weighted by molar-refractivity contribution is -0.129. The van der Waals surface area contributed by atoms with E-state index in [1.54, 1.807) is 0 Å². The van der Waals surface area contributed by atoms with Crippen LogP contribution < -0.4 is 10.6 Å². The van der Waals surface area contributed by atoms with Crippen molar-refractivity contribution in [1.29, 1.82) is 0 Å². The second-order valence-electron chi connectivity index (χ2n) is 11.3. The Bertz CT molecular complexity index is 669. The van der Waals surface area contributed by atoms with Crippen LogP contribution in [0, 0.1) is 23.2 Å². The molecule has 3 rings (SSSR count). The van der Waals surface area contributed by atoms with Crippen molar-refractivity contribution in [2.24, 2.45) is 23.2 Å². The molecule has 33 heavy (non-hydrogen) atoms. The van der Waals surface area contributed by atoms with E-state index in [0.717, 1.165) is 38.5 Å². The van der Waals surface area contributed by atoms with Crippen LogP contribution in [0.3, 0.4) is 0 Å². The van der Waals surface area contributed by atoms with Crippen LogP contribution in [-0.4, -0.2) is 72.4 Å². The fraction of sp³-hybridized carbons (Fsp3) is 0.923. The van der Waals surface area contributed by atoms with E-state index in [1.807, 2.05) is 0 Å². The maximum Gasteiger partial charge on any atom is 0.224 e. The van der Waals surface area contributed by atoms with Crippen LogP contribution >= 0.6 is 11.6 Å². The summed E-state index contributed by atoms with van der Waals surface area (Å²) in [4.78, 5) is 27.7. The number of hydrogen-bond acceptors (Lipinski definition) is 5. The fourth-order valence-corrected chi connectivity index (χ4v) is 7.40. The number of nitrogens with zero attached hydrogens (tertiary/aromatic N) is 1. The monoisotopic (exact) mass is 483 g/mol. The Morgan fingerprint density at radius 3 is 2.39 bits per heavy atom. The van der Waals surface area contributed by atoms with Crippen LogP contribution in [0.15, 0.2) is 0 Å². The van der Waals surface area contributed by atoms with E-state index in [2.05, 4.69) is 57.1 Å². The highest BCUT2D eigenvalue weighted by molar-refractivity contribution is 6.20. The Morgan fingerprint density at radius 1 is 1.15 bits per heavy atom. The van der Waals surface area contributed by atoms with E-state index in [1.165, 1.54) is 0 Å². The van der Waals surface area contributed by atoms with Gasteiger partial charge in [-0.25, -0.2) is 0 Å². The highest BCUT2D eigenvalue weighted by Gasteiger charge is 2.49. The largest absolute Gasteiger partial charge is 0.375 e. The normalized spacial score (nSPS) is 44.5. The van der Waals surface area contributed by atoms with Gasteiger partial charge in [-0.1, -0.05) is 20.8 Å². The molecular weight excluding hydrogens is 438 g/mol. The summed E-state index contributed by atoms with van der Waals surface area (Å²) in [5.41, 5.74) is -0.521. The van der Waals surface area contributed by atoms with Crippen molar-refractivity contribution in [3.05, 3.63) is 0 Å². The Hall–Kier alpha value is -0.690. The zero-order valence-electron chi connectivity index (χ0n) is 21.5. The Balaban J connectivity index is 1.70. The Kier molecular flexibility index (Phi) is 9.27. The molecule has 2 saturated heterocycles. The minimum Gasteiger partial charge on any atom is -0.375 e. The number of nitrogens with one attached hydrogen (secondary N) is 2. The number of carbonyl (C=O) groups is 2. The molecule has 0 aromatic rings. The summed E-state index contributed by atoms with van der Waals surface area (Å²) < 4.78 is 5.99. The number of ether oxygens (including phenoxy) is 1. The van der Waals surface area contributed by atoms with Crippen LogP contribution in [0.5, 0.6) is 0 Å². The predicted octanol–water partition coefficient (Wildman–Crippen LogP) is 3.61. The first kappa shape index (κ1) is 26.9. The molecule has 190 valence electrons. The first-order chi connectivity index (χ1) is 15.6. The zero-order valence-corrected chi connectivity index (χ0v) is 22.2. The number of rotatable bonds is 8. The third-order valence-electron chi connectivity index (χ3n) is 8.71. The first-order valence-corrected chi connectivity index (χ1v) is 13.6. The molecular formula is C26H46ClN3O3. The maximum atomic E-state index is 12.6. The van der Waals surface area contributed by atoms with Crippen molar-refractivity contribution in [3.8, 4) is 0 Å². The van der Waals surface area contributed by atoms with Gasteiger partial charge in [0.2, 0.25) is 5.91 Å². The van der Waals surface area contributed by atoms with Gasteiger partial charge in [0, 0.05) is 42.0 Å². The van der Waals surface area contributed by atoms with Gasteiger partial charge in [0.05, 0.1) is 18.1 Å². The summed E-state index contributed by atoms with van der Waals surface area (Å²) in [5.74, 6) is 0.588. The van der Waals surface area contributed by atoms with E-state index in [0.29, 0.717) is 31.5 Å². The van der Waals surface area contributed by atoms with Gasteiger partial charge in [0.25, 0.3) is 0 Å². The molecule has 9 unspecified atom stereocenters. The molecule has 0 aromatic carbocycles. The summed E-state index contributed by atoms with van der Waals surface area (Å²) in [7, 11) is 0. The van der Waals surface area contributed by atoms with E-state index < -0.39 is 5.41 Å². The zero-order chi connectivity index (χ0) is 24.3. The van der Waals surface area contributed by atoms with Crippen LogP contribution in [0.4, 0.5) is 0 Å². The molecule has 6 nitrogen and oxygen atoms in total. The lowest BCUT2D eigenvalue weighted by Crippen LogP contribution is -2.59. The molecule has 2 aliphatic heterocycles. The third-order valence-corrected chi connectivity index (χ3v) is 9.04. The number of amides is 1. The van der Waals surface area contributed by atoms with Gasteiger partial charge >= 0.3 is 0 Å². The first-order valence-electron chi connectivity index (χ1n) is 13.1. The van der Waals surface area contributed by atoms with Crippen molar-refractivity contribution >= 4 is 23.8 Å². The summed E-state index contributed by atoms with van der Waals surface area (Å²) in [6.45, 7) is 15.1. The fourth-order valence-electron chi connectivity index (χ4n) is 6.93. The lowest BCUT2D eigenvalue weighted by atomic mass is 9.64. The Morgan fingerprint density at radius 2 is 1.82 bits per heavy atom. The average molecular weight is 484 g/mol. The van der Waals surface area contributed by atoms with Gasteiger partial charge in [-0.05, 0) is 71.3 Å². The van der Waals surface area contributed by atoms with Crippen molar-refractivity contribution in [3.63, 3.8) is 0 Å². The lowest BCUT2D eigenvalue weighted by Gasteiger charge is -2.52. The van der Waals surface area contributed by atoms with Crippen molar-refractivity contribution < 1.29 is 14.3 Å². The van der Waals surface area contributed by atoms with Crippen LogP contribution in [-0.2, 0) is 14.3 Å². The van der Waals surface area contributed by atoms with Gasteiger partial charge in [-0.15, -0.1) is 11.6 Å². The summed E-state index contributed by atoms with van der Waals surface area (Å²) in [6.07, 6.45) is 6.29. The quantitative estimate of drug-likeness (QED) is 0.407. The highest BCUT2D eigenvalue weighted by Crippen LogP contribution is 2.45. The van der Waals surface area contributed by atoms with Crippen molar-refractivity contribution in [2.45, 2.75) is 109 Å². The SMILES string of the molecule is CCN(C1CC(C)OC(C)C1)C1CC(Cl)CC(C=O)(CNCC2C(=O)NC(C)CC2C)C1C. The number of aldehydes is 1. The second-order valence-corrected chi connectivity index (χ2v) is 11.9. The molecule has 2 heterocycles. The minimum atomic E-state index is -0.521. The molecule has 2 N–H and O–H groups in total. The third kappa shape index (κ3) is 6.12. The standard InChI is InChI=1S/C26H46ClN3O3/c1-7-30(22-9-18(4)33-19(5)10-22)24-11-21(27)12-26(15-31,20(24)6)14-28-13-23-16(2)8-17(3)29-25(23)32/h15-24,28H,7-14H2,1-6H3,(H,29,32). The van der Waals surface area contributed by atoms with Crippen molar-refractivity contribution in [2.75, 3.05) is 19.6 Å². The molecule has 0 bridgehead atoms. The number of alkyl halides is 1. The number of piperidine rings is 1. The minimum absolute atomic E-state index is 0.0281. The molecule has 0 radical (unpaired) electrons. The molecule has 1 aliphatic carbocycles. The second kappa shape index (κ2) is 11.4. The number of halogens is 1. The Labute approximate surface area is 205 Å². The highest BCUT2D eigenvalue weighted by atomic mass is 35.5. The van der Waals surface area contributed by atoms with Crippen LogP contribution in [0.25, 0.3) is 0 Å². The predicted molar refractivity (Wildman–Crippen MR) is 133 cm³/mol. The van der Waals surface area contributed by atoms with E-state index in [4.69, 9.17) is 16.3 Å². The number of hydrogen-bond donors (Lipinski definition) is 2. The number of carbonyl (C=O) groups excluding carboxylic acids is 2. The van der Waals surface area contributed by atoms with Gasteiger partial charge < -0.3 is 20.2 Å². The topological polar surface area (TPSA) is 70.7 Å². The molecule has 0 aromatic heterocycles. The van der Waals surface area contributed by atoms with Crippen molar-refractivity contribution in [1.82, 2.24) is 15.5 Å². The maximum absolute atomic E-state index is 12.6. The summed E-state index contributed by atoms with van der Waals surface area (Å²) in [5, 5.41) is 6.57. The molecule has 9 atom stereocenters.